The maximum atomic E-state index is 6.09. The molecule has 0 spiro atoms. The van der Waals surface area contributed by atoms with Crippen LogP contribution in [0.4, 0.5) is 17.1 Å². The summed E-state index contributed by atoms with van der Waals surface area (Å²) in [5, 5.41) is 3.79. The van der Waals surface area contributed by atoms with Crippen molar-refractivity contribution < 1.29 is 9.47 Å². The number of benzene rings is 2. The first-order chi connectivity index (χ1) is 9.56. The third-order valence-corrected chi connectivity index (χ3v) is 3.41. The molecule has 2 rings (SSSR count). The van der Waals surface area contributed by atoms with Gasteiger partial charge < -0.3 is 20.5 Å². The van der Waals surface area contributed by atoms with Gasteiger partial charge in [-0.25, -0.2) is 0 Å². The summed E-state index contributed by atoms with van der Waals surface area (Å²) < 4.78 is 10.6. The number of nitrogens with one attached hydrogen (secondary N) is 1. The Bertz CT molecular complexity index is 630. The fraction of sp³-hybridized carbons (Fsp3) is 0.200. The number of methoxy groups -OCH3 is 2. The molecule has 0 radical (unpaired) electrons. The van der Waals surface area contributed by atoms with Gasteiger partial charge in [-0.05, 0) is 24.6 Å². The van der Waals surface area contributed by atoms with E-state index in [-0.39, 0.29) is 0 Å². The standard InChI is InChI=1S/C15H17ClN2O2/c1-9-11(17)5-4-6-12(9)18-13-8-14(19-2)10(16)7-15(13)20-3/h4-8,18H,17H2,1-3H3. The van der Waals surface area contributed by atoms with E-state index in [1.165, 1.54) is 0 Å². The van der Waals surface area contributed by atoms with Gasteiger partial charge in [0.2, 0.25) is 0 Å². The molecule has 3 N–H and O–H groups in total. The highest BCUT2D eigenvalue weighted by atomic mass is 35.5. The lowest BCUT2D eigenvalue weighted by molar-refractivity contribution is 0.405. The van der Waals surface area contributed by atoms with Crippen molar-refractivity contribution in [3.8, 4) is 11.5 Å². The molecule has 0 bridgehead atoms. The van der Waals surface area contributed by atoms with Gasteiger partial charge >= 0.3 is 0 Å². The molecule has 20 heavy (non-hydrogen) atoms. The van der Waals surface area contributed by atoms with E-state index in [4.69, 9.17) is 26.8 Å². The number of hydrogen-bond acceptors (Lipinski definition) is 4. The number of halogens is 1. The molecule has 0 amide bonds. The largest absolute Gasteiger partial charge is 0.495 e. The van der Waals surface area contributed by atoms with Crippen molar-refractivity contribution in [3.63, 3.8) is 0 Å². The summed E-state index contributed by atoms with van der Waals surface area (Å²) in [4.78, 5) is 0. The number of hydrogen-bond donors (Lipinski definition) is 2. The molecule has 0 saturated carbocycles. The fourth-order valence-corrected chi connectivity index (χ4v) is 2.12. The van der Waals surface area contributed by atoms with Crippen LogP contribution in [0.25, 0.3) is 0 Å². The molecule has 0 aliphatic carbocycles. The lowest BCUT2D eigenvalue weighted by Gasteiger charge is -2.16. The van der Waals surface area contributed by atoms with Gasteiger partial charge in [-0.1, -0.05) is 17.7 Å². The Hall–Kier alpha value is -2.07. The molecule has 2 aromatic rings. The van der Waals surface area contributed by atoms with Crippen molar-refractivity contribution in [2.75, 3.05) is 25.3 Å². The second-order valence-corrected chi connectivity index (χ2v) is 4.74. The van der Waals surface area contributed by atoms with Crippen molar-refractivity contribution in [1.29, 1.82) is 0 Å². The second kappa shape index (κ2) is 5.92. The van der Waals surface area contributed by atoms with Gasteiger partial charge in [0.15, 0.2) is 0 Å². The third-order valence-electron chi connectivity index (χ3n) is 3.12. The maximum Gasteiger partial charge on any atom is 0.144 e. The molecule has 106 valence electrons. The molecule has 0 atom stereocenters. The van der Waals surface area contributed by atoms with Crippen LogP contribution in [0, 0.1) is 6.92 Å². The molecule has 4 nitrogen and oxygen atoms in total. The van der Waals surface area contributed by atoms with Crippen molar-refractivity contribution >= 4 is 28.7 Å². The van der Waals surface area contributed by atoms with Crippen LogP contribution >= 0.6 is 11.6 Å². The average molecular weight is 293 g/mol. The lowest BCUT2D eigenvalue weighted by Crippen LogP contribution is -1.99. The minimum atomic E-state index is 0.499. The summed E-state index contributed by atoms with van der Waals surface area (Å²) in [5.41, 5.74) is 9.29. The Kier molecular flexibility index (Phi) is 4.25. The van der Waals surface area contributed by atoms with E-state index in [2.05, 4.69) is 5.32 Å². The van der Waals surface area contributed by atoms with Gasteiger partial charge in [-0.3, -0.25) is 0 Å². The van der Waals surface area contributed by atoms with Gasteiger partial charge in [0.05, 0.1) is 24.9 Å². The smallest absolute Gasteiger partial charge is 0.144 e. The van der Waals surface area contributed by atoms with Crippen LogP contribution in [-0.2, 0) is 0 Å². The third kappa shape index (κ3) is 2.75. The highest BCUT2D eigenvalue weighted by Gasteiger charge is 2.11. The maximum absolute atomic E-state index is 6.09. The SMILES string of the molecule is COc1cc(Nc2cccc(N)c2C)c(OC)cc1Cl. The van der Waals surface area contributed by atoms with Crippen LogP contribution in [0.2, 0.25) is 5.02 Å². The van der Waals surface area contributed by atoms with E-state index >= 15 is 0 Å². The molecule has 0 saturated heterocycles. The van der Waals surface area contributed by atoms with Crippen molar-refractivity contribution in [1.82, 2.24) is 0 Å². The Balaban J connectivity index is 2.44. The summed E-state index contributed by atoms with van der Waals surface area (Å²) in [7, 11) is 3.17. The number of nitrogens with two attached hydrogens (primary N) is 1. The van der Waals surface area contributed by atoms with E-state index in [1.807, 2.05) is 25.1 Å². The molecule has 0 aliphatic rings. The van der Waals surface area contributed by atoms with Crippen molar-refractivity contribution in [2.24, 2.45) is 0 Å². The topological polar surface area (TPSA) is 56.5 Å². The molecule has 0 fully saturated rings. The highest BCUT2D eigenvalue weighted by Crippen LogP contribution is 2.38. The van der Waals surface area contributed by atoms with Crippen molar-refractivity contribution in [3.05, 3.63) is 40.9 Å². The monoisotopic (exact) mass is 292 g/mol. The van der Waals surface area contributed by atoms with Gasteiger partial charge in [0.1, 0.15) is 11.5 Å². The minimum Gasteiger partial charge on any atom is -0.495 e. The summed E-state index contributed by atoms with van der Waals surface area (Å²) >= 11 is 6.09. The molecule has 2 aromatic carbocycles. The summed E-state index contributed by atoms with van der Waals surface area (Å²) in [6.45, 7) is 1.96. The molecular formula is C15H17ClN2O2. The summed E-state index contributed by atoms with van der Waals surface area (Å²) in [5.74, 6) is 1.22. The number of anilines is 3. The normalized spacial score (nSPS) is 10.2. The van der Waals surface area contributed by atoms with Gasteiger partial charge in [-0.15, -0.1) is 0 Å². The van der Waals surface area contributed by atoms with Crippen LogP contribution in [-0.4, -0.2) is 14.2 Å². The van der Waals surface area contributed by atoms with E-state index in [9.17, 15) is 0 Å². The predicted molar refractivity (Wildman–Crippen MR) is 83.4 cm³/mol. The lowest BCUT2D eigenvalue weighted by atomic mass is 10.1. The van der Waals surface area contributed by atoms with Gasteiger partial charge in [0.25, 0.3) is 0 Å². The van der Waals surface area contributed by atoms with Crippen molar-refractivity contribution in [2.45, 2.75) is 6.92 Å². The Labute approximate surface area is 123 Å². The number of nitrogen functional groups attached to an aromatic ring is 1. The first-order valence-corrected chi connectivity index (χ1v) is 6.48. The minimum absolute atomic E-state index is 0.499. The first-order valence-electron chi connectivity index (χ1n) is 6.10. The molecule has 0 aliphatic heterocycles. The quantitative estimate of drug-likeness (QED) is 0.837. The van der Waals surface area contributed by atoms with Gasteiger partial charge in [0, 0.05) is 23.5 Å². The molecule has 5 heteroatoms. The fourth-order valence-electron chi connectivity index (χ4n) is 1.89. The van der Waals surface area contributed by atoms with Gasteiger partial charge in [-0.2, -0.15) is 0 Å². The second-order valence-electron chi connectivity index (χ2n) is 4.33. The predicted octanol–water partition coefficient (Wildman–Crippen LogP) is 3.99. The van der Waals surface area contributed by atoms with E-state index in [0.717, 1.165) is 22.6 Å². The zero-order chi connectivity index (χ0) is 14.7. The van der Waals surface area contributed by atoms with Crippen LogP contribution in [0.15, 0.2) is 30.3 Å². The first kappa shape index (κ1) is 14.3. The Morgan fingerprint density at radius 3 is 2.40 bits per heavy atom. The van der Waals surface area contributed by atoms with Crippen LogP contribution in [0.1, 0.15) is 5.56 Å². The molecule has 0 aromatic heterocycles. The Morgan fingerprint density at radius 1 is 1.05 bits per heavy atom. The number of ether oxygens (including phenoxy) is 2. The average Bonchev–Trinajstić information content (AvgIpc) is 2.45. The summed E-state index contributed by atoms with van der Waals surface area (Å²) in [6, 6.07) is 9.21. The number of rotatable bonds is 4. The van der Waals surface area contributed by atoms with Crippen LogP contribution in [0.5, 0.6) is 11.5 Å². The van der Waals surface area contributed by atoms with E-state index in [1.54, 1.807) is 26.4 Å². The highest BCUT2D eigenvalue weighted by molar-refractivity contribution is 6.32. The van der Waals surface area contributed by atoms with Crippen LogP contribution in [0.3, 0.4) is 0 Å². The molecular weight excluding hydrogens is 276 g/mol. The zero-order valence-corrected chi connectivity index (χ0v) is 12.4. The van der Waals surface area contributed by atoms with Crippen LogP contribution < -0.4 is 20.5 Å². The zero-order valence-electron chi connectivity index (χ0n) is 11.7. The molecule has 0 heterocycles. The molecule has 0 unspecified atom stereocenters. The van der Waals surface area contributed by atoms with E-state index < -0.39 is 0 Å². The Morgan fingerprint density at radius 2 is 1.75 bits per heavy atom. The summed E-state index contributed by atoms with van der Waals surface area (Å²) in [6.07, 6.45) is 0. The van der Waals surface area contributed by atoms with E-state index in [0.29, 0.717) is 16.5 Å².